The smallest absolute Gasteiger partial charge is 0.339 e. The first-order valence-electron chi connectivity index (χ1n) is 9.54. The Balaban J connectivity index is 1.60. The molecule has 2 amide bonds. The molecule has 1 atom stereocenters. The molecule has 2 aromatic rings. The Bertz CT molecular complexity index is 863. The molecule has 0 spiro atoms. The number of benzene rings is 2. The van der Waals surface area contributed by atoms with Gasteiger partial charge in [0.2, 0.25) is 0 Å². The molecule has 1 fully saturated rings. The fourth-order valence-corrected chi connectivity index (χ4v) is 3.09. The standard InChI is InChI=1S/C22H24N2O5/c1-24(16-8-3-2-4-9-16)21(26)18-11-5-6-12-19(18)22(27)29-15-20(25)23-14-17-10-7-13-28-17/h2-6,8-9,11-12,17H,7,10,13-15H2,1H3,(H,23,25). The van der Waals surface area contributed by atoms with Gasteiger partial charge in [-0.2, -0.15) is 0 Å². The summed E-state index contributed by atoms with van der Waals surface area (Å²) in [6.07, 6.45) is 1.91. The molecule has 29 heavy (non-hydrogen) atoms. The molecule has 0 aliphatic carbocycles. The van der Waals surface area contributed by atoms with Crippen molar-refractivity contribution in [2.24, 2.45) is 0 Å². The molecule has 1 aliphatic rings. The fraction of sp³-hybridized carbons (Fsp3) is 0.318. The summed E-state index contributed by atoms with van der Waals surface area (Å²) in [7, 11) is 1.64. The molecule has 1 heterocycles. The van der Waals surface area contributed by atoms with Gasteiger partial charge in [-0.1, -0.05) is 30.3 Å². The maximum absolute atomic E-state index is 12.9. The summed E-state index contributed by atoms with van der Waals surface area (Å²) >= 11 is 0. The van der Waals surface area contributed by atoms with Gasteiger partial charge in [-0.15, -0.1) is 0 Å². The molecule has 0 aromatic heterocycles. The van der Waals surface area contributed by atoms with Gasteiger partial charge in [0.25, 0.3) is 11.8 Å². The van der Waals surface area contributed by atoms with Crippen molar-refractivity contribution < 1.29 is 23.9 Å². The van der Waals surface area contributed by atoms with E-state index >= 15 is 0 Å². The molecule has 1 N–H and O–H groups in total. The Labute approximate surface area is 169 Å². The van der Waals surface area contributed by atoms with E-state index in [-0.39, 0.29) is 23.1 Å². The van der Waals surface area contributed by atoms with E-state index in [0.717, 1.165) is 12.8 Å². The van der Waals surface area contributed by atoms with E-state index < -0.39 is 18.5 Å². The maximum Gasteiger partial charge on any atom is 0.339 e. The second-order valence-electron chi connectivity index (χ2n) is 6.76. The van der Waals surface area contributed by atoms with Crippen LogP contribution in [0, 0.1) is 0 Å². The summed E-state index contributed by atoms with van der Waals surface area (Å²) in [5.41, 5.74) is 1.03. The summed E-state index contributed by atoms with van der Waals surface area (Å²) in [5, 5.41) is 2.69. The maximum atomic E-state index is 12.9. The zero-order valence-electron chi connectivity index (χ0n) is 16.3. The van der Waals surface area contributed by atoms with Crippen LogP contribution in [-0.2, 0) is 14.3 Å². The largest absolute Gasteiger partial charge is 0.452 e. The number of carbonyl (C=O) groups is 3. The van der Waals surface area contributed by atoms with Crippen LogP contribution in [0.3, 0.4) is 0 Å². The number of carbonyl (C=O) groups excluding carboxylic acids is 3. The van der Waals surface area contributed by atoms with Crippen molar-refractivity contribution in [3.05, 3.63) is 65.7 Å². The molecular formula is C22H24N2O5. The molecule has 7 nitrogen and oxygen atoms in total. The molecule has 7 heteroatoms. The minimum atomic E-state index is -0.720. The number of nitrogens with one attached hydrogen (secondary N) is 1. The summed E-state index contributed by atoms with van der Waals surface area (Å²) in [6.45, 7) is 0.688. The second kappa shape index (κ2) is 9.84. The highest BCUT2D eigenvalue weighted by Gasteiger charge is 2.22. The van der Waals surface area contributed by atoms with Crippen molar-refractivity contribution in [1.82, 2.24) is 5.32 Å². The monoisotopic (exact) mass is 396 g/mol. The van der Waals surface area contributed by atoms with E-state index in [1.54, 1.807) is 37.4 Å². The van der Waals surface area contributed by atoms with Crippen LogP contribution in [0.2, 0.25) is 0 Å². The molecule has 0 radical (unpaired) electrons. The van der Waals surface area contributed by atoms with Crippen molar-refractivity contribution in [1.29, 1.82) is 0 Å². The minimum absolute atomic E-state index is 0.0153. The van der Waals surface area contributed by atoms with Crippen LogP contribution < -0.4 is 10.2 Å². The Kier molecular flexibility index (Phi) is 6.97. The summed E-state index contributed by atoms with van der Waals surface area (Å²) < 4.78 is 10.6. The Morgan fingerprint density at radius 3 is 2.45 bits per heavy atom. The third-order valence-electron chi connectivity index (χ3n) is 4.71. The van der Waals surface area contributed by atoms with E-state index in [1.165, 1.54) is 11.0 Å². The van der Waals surface area contributed by atoms with Gasteiger partial charge in [0.1, 0.15) is 0 Å². The Hall–Kier alpha value is -3.19. The van der Waals surface area contributed by atoms with Crippen molar-refractivity contribution in [2.75, 3.05) is 31.7 Å². The lowest BCUT2D eigenvalue weighted by Crippen LogP contribution is -2.35. The SMILES string of the molecule is CN(C(=O)c1ccccc1C(=O)OCC(=O)NCC1CCCO1)c1ccccc1. The van der Waals surface area contributed by atoms with E-state index in [0.29, 0.717) is 18.8 Å². The third-order valence-corrected chi connectivity index (χ3v) is 4.71. The van der Waals surface area contributed by atoms with E-state index in [4.69, 9.17) is 9.47 Å². The van der Waals surface area contributed by atoms with Gasteiger partial charge in [0, 0.05) is 25.9 Å². The van der Waals surface area contributed by atoms with Crippen LogP contribution in [0.4, 0.5) is 5.69 Å². The molecule has 2 aromatic carbocycles. The highest BCUT2D eigenvalue weighted by molar-refractivity contribution is 6.12. The van der Waals surface area contributed by atoms with Crippen LogP contribution in [-0.4, -0.2) is 50.7 Å². The van der Waals surface area contributed by atoms with Gasteiger partial charge in [-0.05, 0) is 37.1 Å². The number of para-hydroxylation sites is 1. The normalized spacial score (nSPS) is 15.6. The number of anilines is 1. The second-order valence-corrected chi connectivity index (χ2v) is 6.76. The number of esters is 1. The topological polar surface area (TPSA) is 84.9 Å². The zero-order valence-corrected chi connectivity index (χ0v) is 16.3. The predicted molar refractivity (Wildman–Crippen MR) is 108 cm³/mol. The number of amides is 2. The predicted octanol–water partition coefficient (Wildman–Crippen LogP) is 2.42. The number of rotatable bonds is 7. The first kappa shape index (κ1) is 20.5. The van der Waals surface area contributed by atoms with Gasteiger partial charge < -0.3 is 19.7 Å². The lowest BCUT2D eigenvalue weighted by Gasteiger charge is -2.18. The Morgan fingerprint density at radius 2 is 1.76 bits per heavy atom. The molecule has 0 bridgehead atoms. The first-order chi connectivity index (χ1) is 14.1. The summed E-state index contributed by atoms with van der Waals surface area (Å²) in [6, 6.07) is 15.5. The van der Waals surface area contributed by atoms with Gasteiger partial charge in [0.15, 0.2) is 6.61 Å². The number of nitrogens with zero attached hydrogens (tertiary/aromatic N) is 1. The van der Waals surface area contributed by atoms with Crippen LogP contribution in [0.15, 0.2) is 54.6 Å². The van der Waals surface area contributed by atoms with Gasteiger partial charge in [0.05, 0.1) is 17.2 Å². The fourth-order valence-electron chi connectivity index (χ4n) is 3.09. The van der Waals surface area contributed by atoms with Crippen LogP contribution >= 0.6 is 0 Å². The van der Waals surface area contributed by atoms with Crippen molar-refractivity contribution >= 4 is 23.5 Å². The average molecular weight is 396 g/mol. The summed E-state index contributed by atoms with van der Waals surface area (Å²) in [4.78, 5) is 38.8. The molecular weight excluding hydrogens is 372 g/mol. The molecule has 0 saturated carbocycles. The van der Waals surface area contributed by atoms with Crippen LogP contribution in [0.25, 0.3) is 0 Å². The molecule has 152 valence electrons. The number of hydrogen-bond acceptors (Lipinski definition) is 5. The first-order valence-corrected chi connectivity index (χ1v) is 9.54. The molecule has 1 unspecified atom stereocenters. The highest BCUT2D eigenvalue weighted by Crippen LogP contribution is 2.18. The molecule has 1 saturated heterocycles. The minimum Gasteiger partial charge on any atom is -0.452 e. The van der Waals surface area contributed by atoms with Crippen molar-refractivity contribution in [3.8, 4) is 0 Å². The van der Waals surface area contributed by atoms with E-state index in [2.05, 4.69) is 5.32 Å². The van der Waals surface area contributed by atoms with Gasteiger partial charge in [-0.25, -0.2) is 4.79 Å². The highest BCUT2D eigenvalue weighted by atomic mass is 16.5. The Morgan fingerprint density at radius 1 is 1.07 bits per heavy atom. The summed E-state index contributed by atoms with van der Waals surface area (Å²) in [5.74, 6) is -1.46. The quantitative estimate of drug-likeness (QED) is 0.727. The van der Waals surface area contributed by atoms with E-state index in [1.807, 2.05) is 18.2 Å². The van der Waals surface area contributed by atoms with Gasteiger partial charge >= 0.3 is 5.97 Å². The van der Waals surface area contributed by atoms with Crippen LogP contribution in [0.1, 0.15) is 33.6 Å². The average Bonchev–Trinajstić information content (AvgIpc) is 3.29. The lowest BCUT2D eigenvalue weighted by atomic mass is 10.1. The van der Waals surface area contributed by atoms with Gasteiger partial charge in [-0.3, -0.25) is 9.59 Å². The van der Waals surface area contributed by atoms with Crippen molar-refractivity contribution in [3.63, 3.8) is 0 Å². The number of ether oxygens (including phenoxy) is 2. The van der Waals surface area contributed by atoms with Crippen molar-refractivity contribution in [2.45, 2.75) is 18.9 Å². The zero-order chi connectivity index (χ0) is 20.6. The molecule has 3 rings (SSSR count). The number of hydrogen-bond donors (Lipinski definition) is 1. The van der Waals surface area contributed by atoms with E-state index in [9.17, 15) is 14.4 Å². The molecule has 1 aliphatic heterocycles. The third kappa shape index (κ3) is 5.42. The lowest BCUT2D eigenvalue weighted by molar-refractivity contribution is -0.124. The van der Waals surface area contributed by atoms with Crippen LogP contribution in [0.5, 0.6) is 0 Å².